The smallest absolute Gasteiger partial charge is 0.268 e. The molecule has 0 aliphatic heterocycles. The van der Waals surface area contributed by atoms with Crippen molar-refractivity contribution in [3.05, 3.63) is 58.4 Å². The van der Waals surface area contributed by atoms with Crippen LogP contribution in [0.25, 0.3) is 27.8 Å². The predicted octanol–water partition coefficient (Wildman–Crippen LogP) is 1.71. The summed E-state index contributed by atoms with van der Waals surface area (Å²) in [5.41, 5.74) is 6.61. The van der Waals surface area contributed by atoms with E-state index in [9.17, 15) is 14.4 Å². The lowest BCUT2D eigenvalue weighted by molar-refractivity contribution is 0.616. The molecule has 8 nitrogen and oxygen atoms in total. The normalized spacial score (nSPS) is 11.0. The molecule has 128 valence electrons. The SMILES string of the molecule is Cn1ccc(-c2cn(-c3c(F)cccc3C#N)c(=O)c3c(N)n[nH]c23)n1. The number of nitrogen functional groups attached to an aromatic ring is 1. The first-order chi connectivity index (χ1) is 12.5. The highest BCUT2D eigenvalue weighted by Crippen LogP contribution is 2.28. The Bertz CT molecular complexity index is 1260. The van der Waals surface area contributed by atoms with Crippen molar-refractivity contribution in [2.24, 2.45) is 7.05 Å². The third kappa shape index (κ3) is 2.16. The fourth-order valence-electron chi connectivity index (χ4n) is 2.91. The quantitative estimate of drug-likeness (QED) is 0.571. The van der Waals surface area contributed by atoms with E-state index in [2.05, 4.69) is 15.3 Å². The van der Waals surface area contributed by atoms with Crippen molar-refractivity contribution in [1.29, 1.82) is 5.26 Å². The van der Waals surface area contributed by atoms with Crippen LogP contribution in [0.5, 0.6) is 0 Å². The summed E-state index contributed by atoms with van der Waals surface area (Å²) in [6.45, 7) is 0. The second-order valence-corrected chi connectivity index (χ2v) is 5.70. The van der Waals surface area contributed by atoms with Crippen molar-refractivity contribution in [2.75, 3.05) is 5.73 Å². The molecule has 26 heavy (non-hydrogen) atoms. The Kier molecular flexibility index (Phi) is 3.33. The summed E-state index contributed by atoms with van der Waals surface area (Å²) in [4.78, 5) is 12.9. The number of halogens is 1. The maximum absolute atomic E-state index is 14.5. The van der Waals surface area contributed by atoms with E-state index in [0.29, 0.717) is 16.8 Å². The van der Waals surface area contributed by atoms with Crippen LogP contribution in [-0.4, -0.2) is 24.5 Å². The van der Waals surface area contributed by atoms with Crippen LogP contribution >= 0.6 is 0 Å². The molecule has 9 heteroatoms. The van der Waals surface area contributed by atoms with Crippen LogP contribution in [0.3, 0.4) is 0 Å². The van der Waals surface area contributed by atoms with Crippen LogP contribution in [0.2, 0.25) is 0 Å². The fourth-order valence-corrected chi connectivity index (χ4v) is 2.91. The number of nitrogens with one attached hydrogen (secondary N) is 1. The molecule has 0 radical (unpaired) electrons. The summed E-state index contributed by atoms with van der Waals surface area (Å²) in [7, 11) is 1.75. The predicted molar refractivity (Wildman–Crippen MR) is 93.0 cm³/mol. The number of rotatable bonds is 2. The number of nitrogens with two attached hydrogens (primary N) is 1. The molecule has 1 aromatic carbocycles. The van der Waals surface area contributed by atoms with Crippen LogP contribution in [-0.2, 0) is 7.05 Å². The van der Waals surface area contributed by atoms with Gasteiger partial charge in [0.05, 0.1) is 16.8 Å². The number of para-hydroxylation sites is 1. The number of hydrogen-bond acceptors (Lipinski definition) is 5. The van der Waals surface area contributed by atoms with Crippen molar-refractivity contribution in [3.8, 4) is 23.0 Å². The average molecular weight is 349 g/mol. The van der Waals surface area contributed by atoms with Gasteiger partial charge in [-0.2, -0.15) is 15.5 Å². The molecule has 0 aliphatic carbocycles. The van der Waals surface area contributed by atoms with E-state index in [0.717, 1.165) is 4.57 Å². The molecule has 0 fully saturated rings. The highest BCUT2D eigenvalue weighted by molar-refractivity contribution is 5.97. The summed E-state index contributed by atoms with van der Waals surface area (Å²) in [5, 5.41) is 20.4. The number of benzene rings is 1. The number of fused-ring (bicyclic) bond motifs is 1. The van der Waals surface area contributed by atoms with Crippen LogP contribution in [0.1, 0.15) is 5.56 Å². The van der Waals surface area contributed by atoms with Gasteiger partial charge in [0.15, 0.2) is 5.82 Å². The number of anilines is 1. The van der Waals surface area contributed by atoms with Crippen molar-refractivity contribution in [3.63, 3.8) is 0 Å². The highest BCUT2D eigenvalue weighted by Gasteiger charge is 2.20. The van der Waals surface area contributed by atoms with Crippen molar-refractivity contribution in [2.45, 2.75) is 0 Å². The first-order valence-corrected chi connectivity index (χ1v) is 7.59. The zero-order chi connectivity index (χ0) is 18.4. The molecular weight excluding hydrogens is 337 g/mol. The molecule has 3 aromatic heterocycles. The molecule has 0 atom stereocenters. The Morgan fingerprint density at radius 1 is 1.35 bits per heavy atom. The van der Waals surface area contributed by atoms with Gasteiger partial charge in [-0.05, 0) is 18.2 Å². The molecule has 0 saturated carbocycles. The van der Waals surface area contributed by atoms with Gasteiger partial charge in [-0.3, -0.25) is 19.1 Å². The number of aromatic amines is 1. The zero-order valence-electron chi connectivity index (χ0n) is 13.6. The summed E-state index contributed by atoms with van der Waals surface area (Å²) in [6.07, 6.45) is 3.17. The number of nitriles is 1. The Morgan fingerprint density at radius 3 is 2.85 bits per heavy atom. The van der Waals surface area contributed by atoms with Gasteiger partial charge in [0, 0.05) is 25.0 Å². The Labute approximate surface area is 145 Å². The number of nitrogens with zero attached hydrogens (tertiary/aromatic N) is 5. The van der Waals surface area contributed by atoms with E-state index in [4.69, 9.17) is 5.73 Å². The van der Waals surface area contributed by atoms with E-state index >= 15 is 0 Å². The lowest BCUT2D eigenvalue weighted by Gasteiger charge is -2.11. The third-order valence-corrected chi connectivity index (χ3v) is 4.09. The summed E-state index contributed by atoms with van der Waals surface area (Å²) < 4.78 is 17.2. The molecule has 0 unspecified atom stereocenters. The molecule has 4 rings (SSSR count). The second kappa shape index (κ2) is 5.56. The largest absolute Gasteiger partial charge is 0.382 e. The van der Waals surface area contributed by atoms with Gasteiger partial charge in [0.25, 0.3) is 5.56 Å². The lowest BCUT2D eigenvalue weighted by Crippen LogP contribution is -2.21. The standard InChI is InChI=1S/C17H12FN7O/c1-24-6-5-12(23-24)10-8-25(15-9(7-19)3-2-4-11(15)18)17(26)13-14(10)21-22-16(13)20/h2-6,8H,1H3,(H3,20,21,22). The zero-order valence-corrected chi connectivity index (χ0v) is 13.6. The van der Waals surface area contributed by atoms with E-state index in [1.54, 1.807) is 24.0 Å². The average Bonchev–Trinajstić information content (AvgIpc) is 3.22. The molecule has 0 spiro atoms. The number of pyridine rings is 1. The maximum Gasteiger partial charge on any atom is 0.268 e. The van der Waals surface area contributed by atoms with Crippen molar-refractivity contribution >= 4 is 16.7 Å². The maximum atomic E-state index is 14.5. The minimum Gasteiger partial charge on any atom is -0.382 e. The first-order valence-electron chi connectivity index (χ1n) is 7.59. The van der Waals surface area contributed by atoms with E-state index < -0.39 is 11.4 Å². The molecule has 0 saturated heterocycles. The van der Waals surface area contributed by atoms with Gasteiger partial charge in [-0.15, -0.1) is 0 Å². The fraction of sp³-hybridized carbons (Fsp3) is 0.0588. The summed E-state index contributed by atoms with van der Waals surface area (Å²) in [5.74, 6) is -0.703. The number of H-pyrrole nitrogens is 1. The van der Waals surface area contributed by atoms with Crippen LogP contribution in [0.15, 0.2) is 41.5 Å². The van der Waals surface area contributed by atoms with E-state index in [1.807, 2.05) is 6.07 Å². The highest BCUT2D eigenvalue weighted by atomic mass is 19.1. The number of aromatic nitrogens is 5. The van der Waals surface area contributed by atoms with Gasteiger partial charge in [0.1, 0.15) is 23.0 Å². The Morgan fingerprint density at radius 2 is 2.15 bits per heavy atom. The monoisotopic (exact) mass is 349 g/mol. The first kappa shape index (κ1) is 15.6. The van der Waals surface area contributed by atoms with Crippen LogP contribution < -0.4 is 11.3 Å². The summed E-state index contributed by atoms with van der Waals surface area (Å²) in [6, 6.07) is 7.69. The molecule has 3 N–H and O–H groups in total. The summed E-state index contributed by atoms with van der Waals surface area (Å²) >= 11 is 0. The van der Waals surface area contributed by atoms with Crippen LogP contribution in [0.4, 0.5) is 10.2 Å². The van der Waals surface area contributed by atoms with Crippen LogP contribution in [0, 0.1) is 17.1 Å². The minimum atomic E-state index is -0.695. The van der Waals surface area contributed by atoms with Gasteiger partial charge in [-0.25, -0.2) is 4.39 Å². The Hall–Kier alpha value is -3.93. The number of hydrogen-bond donors (Lipinski definition) is 2. The molecule has 0 bridgehead atoms. The number of aryl methyl sites for hydroxylation is 1. The minimum absolute atomic E-state index is 0.00798. The molecule has 0 amide bonds. The lowest BCUT2D eigenvalue weighted by atomic mass is 10.1. The van der Waals surface area contributed by atoms with Gasteiger partial charge in [-0.1, -0.05) is 6.07 Å². The second-order valence-electron chi connectivity index (χ2n) is 5.70. The topological polar surface area (TPSA) is 118 Å². The third-order valence-electron chi connectivity index (χ3n) is 4.09. The van der Waals surface area contributed by atoms with Crippen molar-refractivity contribution in [1.82, 2.24) is 24.5 Å². The molecular formula is C17H12FN7O. The van der Waals surface area contributed by atoms with Gasteiger partial charge >= 0.3 is 0 Å². The van der Waals surface area contributed by atoms with Gasteiger partial charge in [0.2, 0.25) is 0 Å². The molecule has 3 heterocycles. The van der Waals surface area contributed by atoms with Gasteiger partial charge < -0.3 is 5.73 Å². The molecule has 0 aliphatic rings. The van der Waals surface area contributed by atoms with E-state index in [1.165, 1.54) is 24.4 Å². The molecule has 4 aromatic rings. The Balaban J connectivity index is 2.16. The van der Waals surface area contributed by atoms with Crippen molar-refractivity contribution < 1.29 is 4.39 Å². The van der Waals surface area contributed by atoms with E-state index in [-0.39, 0.29) is 22.5 Å².